The lowest BCUT2D eigenvalue weighted by molar-refractivity contribution is -0.153. The van der Waals surface area contributed by atoms with E-state index in [1.165, 1.54) is 142 Å². The summed E-state index contributed by atoms with van der Waals surface area (Å²) in [6.45, 7) is 8.27. The molecule has 2 atom stereocenters. The molecule has 0 aromatic rings. The van der Waals surface area contributed by atoms with Gasteiger partial charge in [-0.2, -0.15) is 0 Å². The summed E-state index contributed by atoms with van der Waals surface area (Å²) < 4.78 is 9.81. The molecule has 40 heavy (non-hydrogen) atoms. The van der Waals surface area contributed by atoms with Crippen LogP contribution in [-0.4, -0.2) is 47.6 Å². The fraction of sp³-hybridized carbons (Fsp3) is 0.941. The summed E-state index contributed by atoms with van der Waals surface area (Å²) in [4.78, 5) is 21.9. The van der Waals surface area contributed by atoms with Gasteiger partial charge in [-0.3, -0.25) is 0 Å². The van der Waals surface area contributed by atoms with E-state index >= 15 is 0 Å². The molecular formula is C34H68O6. The molecule has 2 unspecified atom stereocenters. The van der Waals surface area contributed by atoms with Crippen LogP contribution in [0.5, 0.6) is 0 Å². The number of ether oxygens (including phenoxy) is 2. The first-order valence-corrected chi connectivity index (χ1v) is 17.1. The van der Waals surface area contributed by atoms with Crippen LogP contribution in [0.25, 0.3) is 0 Å². The van der Waals surface area contributed by atoms with Gasteiger partial charge in [-0.05, 0) is 26.7 Å². The van der Waals surface area contributed by atoms with E-state index in [0.717, 1.165) is 25.7 Å². The van der Waals surface area contributed by atoms with Crippen molar-refractivity contribution in [2.75, 3.05) is 13.2 Å². The number of rotatable bonds is 28. The highest BCUT2D eigenvalue weighted by Crippen LogP contribution is 2.13. The molecule has 0 aliphatic heterocycles. The third-order valence-electron chi connectivity index (χ3n) is 7.17. The molecule has 0 saturated heterocycles. The molecule has 0 spiro atoms. The van der Waals surface area contributed by atoms with Gasteiger partial charge >= 0.3 is 11.9 Å². The van der Waals surface area contributed by atoms with Crippen molar-refractivity contribution in [1.82, 2.24) is 0 Å². The Morgan fingerprint density at radius 1 is 0.425 bits per heavy atom. The van der Waals surface area contributed by atoms with Gasteiger partial charge in [0.25, 0.3) is 0 Å². The molecule has 0 radical (unpaired) electrons. The molecule has 240 valence electrons. The van der Waals surface area contributed by atoms with E-state index in [0.29, 0.717) is 13.2 Å². The van der Waals surface area contributed by atoms with Crippen molar-refractivity contribution in [1.29, 1.82) is 0 Å². The van der Waals surface area contributed by atoms with Crippen molar-refractivity contribution < 1.29 is 29.3 Å². The maximum atomic E-state index is 11.0. The summed E-state index contributed by atoms with van der Waals surface area (Å²) in [5.74, 6) is -1.01. The van der Waals surface area contributed by atoms with Gasteiger partial charge in [0.1, 0.15) is 12.2 Å². The summed E-state index contributed by atoms with van der Waals surface area (Å²) in [5, 5.41) is 17.9. The Morgan fingerprint density at radius 2 is 0.625 bits per heavy atom. The van der Waals surface area contributed by atoms with Crippen molar-refractivity contribution in [2.24, 2.45) is 0 Å². The van der Waals surface area contributed by atoms with Gasteiger partial charge in [0.05, 0.1) is 13.2 Å². The maximum Gasteiger partial charge on any atom is 0.334 e. The number of esters is 2. The normalized spacial score (nSPS) is 12.3. The zero-order chi connectivity index (χ0) is 30.1. The van der Waals surface area contributed by atoms with E-state index in [1.54, 1.807) is 0 Å². The Kier molecular flexibility index (Phi) is 34.9. The zero-order valence-electron chi connectivity index (χ0n) is 27.1. The molecule has 0 amide bonds. The minimum absolute atomic E-state index is 0.446. The van der Waals surface area contributed by atoms with Crippen LogP contribution in [0.4, 0.5) is 0 Å². The minimum atomic E-state index is -0.993. The Hall–Kier alpha value is -1.14. The lowest BCUT2D eigenvalue weighted by atomic mass is 10.1. The van der Waals surface area contributed by atoms with Gasteiger partial charge < -0.3 is 19.7 Å². The Labute approximate surface area is 248 Å². The van der Waals surface area contributed by atoms with Crippen molar-refractivity contribution in [3.05, 3.63) is 0 Å². The first-order valence-electron chi connectivity index (χ1n) is 17.1. The number of hydrogen-bond acceptors (Lipinski definition) is 6. The topological polar surface area (TPSA) is 93.1 Å². The average molecular weight is 573 g/mol. The standard InChI is InChI=1S/2C17H34O3/c2*1-3-4-5-6-7-8-9-10-11-12-13-14-15-20-17(19)16(2)18/h2*16,18H,3-15H2,1-2H3. The molecule has 2 N–H and O–H groups in total. The van der Waals surface area contributed by atoms with Crippen molar-refractivity contribution in [3.63, 3.8) is 0 Å². The van der Waals surface area contributed by atoms with Crippen LogP contribution in [0.15, 0.2) is 0 Å². The summed E-state index contributed by atoms with van der Waals surface area (Å²) in [6, 6.07) is 0. The number of unbranched alkanes of at least 4 members (excludes halogenated alkanes) is 22. The smallest absolute Gasteiger partial charge is 0.334 e. The van der Waals surface area contributed by atoms with Crippen LogP contribution < -0.4 is 0 Å². The molecule has 6 nitrogen and oxygen atoms in total. The molecule has 0 aliphatic carbocycles. The number of carbonyl (C=O) groups is 2. The van der Waals surface area contributed by atoms with Crippen molar-refractivity contribution >= 4 is 11.9 Å². The van der Waals surface area contributed by atoms with Crippen molar-refractivity contribution in [2.45, 2.75) is 194 Å². The SMILES string of the molecule is CCCCCCCCCCCCCCOC(=O)C(C)O.CCCCCCCCCCCCCCOC(=O)C(C)O. The molecule has 0 aromatic carbocycles. The number of aliphatic hydroxyl groups is 2. The van der Waals surface area contributed by atoms with Crippen LogP contribution in [0, 0.1) is 0 Å². The van der Waals surface area contributed by atoms with Crippen LogP contribution in [0.2, 0.25) is 0 Å². The summed E-state index contributed by atoms with van der Waals surface area (Å²) in [7, 11) is 0. The van der Waals surface area contributed by atoms with Crippen molar-refractivity contribution in [3.8, 4) is 0 Å². The second kappa shape index (κ2) is 34.1. The monoisotopic (exact) mass is 573 g/mol. The predicted molar refractivity (Wildman–Crippen MR) is 167 cm³/mol. The molecule has 0 heterocycles. The third kappa shape index (κ3) is 34.9. The van der Waals surface area contributed by atoms with Gasteiger partial charge in [0.15, 0.2) is 0 Å². The van der Waals surface area contributed by atoms with Gasteiger partial charge in [-0.1, -0.05) is 155 Å². The molecule has 0 aliphatic rings. The number of aliphatic hydroxyl groups excluding tert-OH is 2. The van der Waals surface area contributed by atoms with Crippen LogP contribution in [-0.2, 0) is 19.1 Å². The second-order valence-electron chi connectivity index (χ2n) is 11.5. The van der Waals surface area contributed by atoms with Gasteiger partial charge in [0.2, 0.25) is 0 Å². The predicted octanol–water partition coefficient (Wildman–Crippen LogP) is 9.22. The van der Waals surface area contributed by atoms with Crippen LogP contribution in [0.3, 0.4) is 0 Å². The molecule has 0 bridgehead atoms. The quantitative estimate of drug-likeness (QED) is 0.0717. The van der Waals surface area contributed by atoms with Gasteiger partial charge in [0, 0.05) is 0 Å². The highest BCUT2D eigenvalue weighted by atomic mass is 16.5. The summed E-state index contributed by atoms with van der Waals surface area (Å²) in [6.07, 6.45) is 29.1. The fourth-order valence-electron chi connectivity index (χ4n) is 4.47. The van der Waals surface area contributed by atoms with E-state index < -0.39 is 24.1 Å². The lowest BCUT2D eigenvalue weighted by Gasteiger charge is -2.06. The zero-order valence-corrected chi connectivity index (χ0v) is 27.1. The maximum absolute atomic E-state index is 11.0. The molecule has 0 fully saturated rings. The summed E-state index contributed by atoms with van der Waals surface area (Å²) >= 11 is 0. The highest BCUT2D eigenvalue weighted by molar-refractivity contribution is 5.74. The Balaban J connectivity index is 0. The van der Waals surface area contributed by atoms with E-state index in [4.69, 9.17) is 19.7 Å². The van der Waals surface area contributed by atoms with Gasteiger partial charge in [-0.15, -0.1) is 0 Å². The van der Waals surface area contributed by atoms with E-state index in [9.17, 15) is 9.59 Å². The van der Waals surface area contributed by atoms with Crippen LogP contribution in [0.1, 0.15) is 182 Å². The molecule has 0 aromatic heterocycles. The fourth-order valence-corrected chi connectivity index (χ4v) is 4.47. The van der Waals surface area contributed by atoms with Gasteiger partial charge in [-0.25, -0.2) is 9.59 Å². The first kappa shape index (κ1) is 41.0. The largest absolute Gasteiger partial charge is 0.464 e. The van der Waals surface area contributed by atoms with E-state index in [-0.39, 0.29) is 0 Å². The number of hydrogen-bond donors (Lipinski definition) is 2. The number of carbonyl (C=O) groups excluding carboxylic acids is 2. The molecule has 0 rings (SSSR count). The highest BCUT2D eigenvalue weighted by Gasteiger charge is 2.09. The van der Waals surface area contributed by atoms with E-state index in [1.807, 2.05) is 0 Å². The first-order chi connectivity index (χ1) is 19.4. The molecule has 6 heteroatoms. The molecular weight excluding hydrogens is 504 g/mol. The Morgan fingerprint density at radius 3 is 0.825 bits per heavy atom. The summed E-state index contributed by atoms with van der Waals surface area (Å²) in [5.41, 5.74) is 0. The Bertz CT molecular complexity index is 475. The molecule has 0 saturated carbocycles. The third-order valence-corrected chi connectivity index (χ3v) is 7.17. The minimum Gasteiger partial charge on any atom is -0.464 e. The second-order valence-corrected chi connectivity index (χ2v) is 11.5. The van der Waals surface area contributed by atoms with E-state index in [2.05, 4.69) is 13.8 Å². The lowest BCUT2D eigenvalue weighted by Crippen LogP contribution is -2.19. The average Bonchev–Trinajstić information content (AvgIpc) is 2.93. The van der Waals surface area contributed by atoms with Crippen LogP contribution >= 0.6 is 0 Å².